The highest BCUT2D eigenvalue weighted by Crippen LogP contribution is 2.36. The van der Waals surface area contributed by atoms with Crippen LogP contribution in [0.5, 0.6) is 0 Å². The molecule has 1 spiro atoms. The van der Waals surface area contributed by atoms with Gasteiger partial charge < -0.3 is 10.1 Å². The summed E-state index contributed by atoms with van der Waals surface area (Å²) in [6, 6.07) is 0.662. The van der Waals surface area contributed by atoms with Crippen molar-refractivity contribution in [2.75, 3.05) is 33.4 Å². The Hall–Kier alpha value is -0.120. The average molecular weight is 268 g/mol. The van der Waals surface area contributed by atoms with Crippen LogP contribution in [0, 0.1) is 5.92 Å². The van der Waals surface area contributed by atoms with E-state index in [0.29, 0.717) is 11.6 Å². The van der Waals surface area contributed by atoms with Crippen molar-refractivity contribution in [3.8, 4) is 0 Å². The number of piperazine rings is 1. The lowest BCUT2D eigenvalue weighted by atomic mass is 9.77. The first-order valence-electron chi connectivity index (χ1n) is 8.15. The molecule has 0 aromatic heterocycles. The largest absolute Gasteiger partial charge is 0.385 e. The Morgan fingerprint density at radius 1 is 1.26 bits per heavy atom. The van der Waals surface area contributed by atoms with Crippen LogP contribution in [0.4, 0.5) is 0 Å². The van der Waals surface area contributed by atoms with E-state index in [-0.39, 0.29) is 0 Å². The molecule has 19 heavy (non-hydrogen) atoms. The number of nitrogens with one attached hydrogen (secondary N) is 1. The first-order chi connectivity index (χ1) is 9.18. The Morgan fingerprint density at radius 3 is 2.63 bits per heavy atom. The maximum atomic E-state index is 5.24. The number of hydrogen-bond donors (Lipinski definition) is 1. The van der Waals surface area contributed by atoms with Crippen molar-refractivity contribution in [2.45, 2.75) is 64.0 Å². The Kier molecular flexibility index (Phi) is 5.67. The van der Waals surface area contributed by atoms with Gasteiger partial charge in [0.2, 0.25) is 0 Å². The van der Waals surface area contributed by atoms with Crippen LogP contribution in [0.25, 0.3) is 0 Å². The minimum atomic E-state index is 0.456. The maximum absolute atomic E-state index is 5.24. The van der Waals surface area contributed by atoms with Gasteiger partial charge in [-0.25, -0.2) is 0 Å². The van der Waals surface area contributed by atoms with Crippen LogP contribution in [0.3, 0.4) is 0 Å². The van der Waals surface area contributed by atoms with Crippen LogP contribution < -0.4 is 5.32 Å². The van der Waals surface area contributed by atoms with Crippen LogP contribution >= 0.6 is 0 Å². The molecule has 1 saturated heterocycles. The molecule has 1 aliphatic carbocycles. The van der Waals surface area contributed by atoms with Crippen LogP contribution in [0.15, 0.2) is 0 Å². The van der Waals surface area contributed by atoms with Gasteiger partial charge in [-0.2, -0.15) is 0 Å². The molecule has 3 heteroatoms. The molecule has 1 saturated carbocycles. The summed E-state index contributed by atoms with van der Waals surface area (Å²) in [5, 5.41) is 3.83. The second kappa shape index (κ2) is 7.05. The zero-order chi connectivity index (χ0) is 13.7. The SMILES string of the molecule is COCCCN1CC(C(C)C)NCC12CCCCC2. The fourth-order valence-corrected chi connectivity index (χ4v) is 3.81. The lowest BCUT2D eigenvalue weighted by Gasteiger charge is -2.53. The van der Waals surface area contributed by atoms with E-state index in [1.807, 2.05) is 7.11 Å². The molecule has 1 aliphatic heterocycles. The Balaban J connectivity index is 1.99. The molecule has 112 valence electrons. The predicted molar refractivity (Wildman–Crippen MR) is 80.5 cm³/mol. The van der Waals surface area contributed by atoms with Gasteiger partial charge >= 0.3 is 0 Å². The summed E-state index contributed by atoms with van der Waals surface area (Å²) in [6.07, 6.45) is 8.20. The molecule has 0 amide bonds. The third kappa shape index (κ3) is 3.71. The summed E-state index contributed by atoms with van der Waals surface area (Å²) in [5.74, 6) is 0.728. The van der Waals surface area contributed by atoms with Crippen LogP contribution in [0.2, 0.25) is 0 Å². The molecule has 3 nitrogen and oxygen atoms in total. The van der Waals surface area contributed by atoms with Gasteiger partial charge in [-0.3, -0.25) is 4.90 Å². The minimum absolute atomic E-state index is 0.456. The zero-order valence-corrected chi connectivity index (χ0v) is 13.1. The molecule has 0 radical (unpaired) electrons. The van der Waals surface area contributed by atoms with Gasteiger partial charge in [-0.05, 0) is 25.2 Å². The van der Waals surface area contributed by atoms with E-state index in [1.165, 1.54) is 58.2 Å². The minimum Gasteiger partial charge on any atom is -0.385 e. The molecule has 1 N–H and O–H groups in total. The summed E-state index contributed by atoms with van der Waals surface area (Å²) in [7, 11) is 1.81. The molecule has 2 rings (SSSR count). The van der Waals surface area contributed by atoms with Crippen molar-refractivity contribution in [2.24, 2.45) is 5.92 Å². The molecule has 0 bridgehead atoms. The van der Waals surface area contributed by atoms with E-state index in [4.69, 9.17) is 4.74 Å². The topological polar surface area (TPSA) is 24.5 Å². The third-order valence-corrected chi connectivity index (χ3v) is 5.15. The van der Waals surface area contributed by atoms with Crippen LogP contribution in [-0.4, -0.2) is 49.8 Å². The van der Waals surface area contributed by atoms with Gasteiger partial charge in [-0.1, -0.05) is 33.1 Å². The van der Waals surface area contributed by atoms with Crippen molar-refractivity contribution in [1.29, 1.82) is 0 Å². The zero-order valence-electron chi connectivity index (χ0n) is 13.1. The molecule has 1 heterocycles. The summed E-state index contributed by atoms with van der Waals surface area (Å²) < 4.78 is 5.24. The normalized spacial score (nSPS) is 28.1. The van der Waals surface area contributed by atoms with Gasteiger partial charge in [0.1, 0.15) is 0 Å². The molecule has 1 unspecified atom stereocenters. The lowest BCUT2D eigenvalue weighted by molar-refractivity contribution is -0.00253. The molecular formula is C16H32N2O. The fraction of sp³-hybridized carbons (Fsp3) is 1.00. The van der Waals surface area contributed by atoms with E-state index < -0.39 is 0 Å². The monoisotopic (exact) mass is 268 g/mol. The lowest BCUT2D eigenvalue weighted by Crippen LogP contribution is -2.66. The number of rotatable bonds is 5. The number of ether oxygens (including phenoxy) is 1. The standard InChI is InChI=1S/C16H32N2O/c1-14(2)15-12-18(10-7-11-19-3)16(13-17-15)8-5-4-6-9-16/h14-15,17H,4-13H2,1-3H3. The highest BCUT2D eigenvalue weighted by Gasteiger charge is 2.42. The predicted octanol–water partition coefficient (Wildman–Crippen LogP) is 2.66. The third-order valence-electron chi connectivity index (χ3n) is 5.15. The van der Waals surface area contributed by atoms with Crippen molar-refractivity contribution in [1.82, 2.24) is 10.2 Å². The summed E-state index contributed by atoms with van der Waals surface area (Å²) >= 11 is 0. The molecule has 2 aliphatic rings. The summed E-state index contributed by atoms with van der Waals surface area (Å²) in [4.78, 5) is 2.80. The van der Waals surface area contributed by atoms with Gasteiger partial charge in [0, 0.05) is 44.9 Å². The van der Waals surface area contributed by atoms with Gasteiger partial charge in [0.05, 0.1) is 0 Å². The smallest absolute Gasteiger partial charge is 0.0474 e. The molecule has 0 aromatic rings. The molecule has 1 atom stereocenters. The maximum Gasteiger partial charge on any atom is 0.0474 e. The summed E-state index contributed by atoms with van der Waals surface area (Å²) in [5.41, 5.74) is 0.456. The Bertz CT molecular complexity index is 261. The Labute approximate surface area is 119 Å². The first-order valence-corrected chi connectivity index (χ1v) is 8.15. The van der Waals surface area contributed by atoms with E-state index in [9.17, 15) is 0 Å². The van der Waals surface area contributed by atoms with E-state index in [1.54, 1.807) is 0 Å². The number of methoxy groups -OCH3 is 1. The van der Waals surface area contributed by atoms with Crippen molar-refractivity contribution < 1.29 is 4.74 Å². The highest BCUT2D eigenvalue weighted by atomic mass is 16.5. The van der Waals surface area contributed by atoms with Gasteiger partial charge in [-0.15, -0.1) is 0 Å². The fourth-order valence-electron chi connectivity index (χ4n) is 3.81. The van der Waals surface area contributed by atoms with Crippen molar-refractivity contribution >= 4 is 0 Å². The number of hydrogen-bond acceptors (Lipinski definition) is 3. The van der Waals surface area contributed by atoms with Crippen LogP contribution in [-0.2, 0) is 4.74 Å². The van der Waals surface area contributed by atoms with Gasteiger partial charge in [0.25, 0.3) is 0 Å². The second-order valence-corrected chi connectivity index (χ2v) is 6.81. The van der Waals surface area contributed by atoms with E-state index >= 15 is 0 Å². The quantitative estimate of drug-likeness (QED) is 0.776. The van der Waals surface area contributed by atoms with Crippen molar-refractivity contribution in [3.05, 3.63) is 0 Å². The van der Waals surface area contributed by atoms with Gasteiger partial charge in [0.15, 0.2) is 0 Å². The molecule has 0 aromatic carbocycles. The first kappa shape index (κ1) is 15.3. The van der Waals surface area contributed by atoms with E-state index in [0.717, 1.165) is 12.5 Å². The Morgan fingerprint density at radius 2 is 2.00 bits per heavy atom. The van der Waals surface area contributed by atoms with Crippen LogP contribution in [0.1, 0.15) is 52.4 Å². The van der Waals surface area contributed by atoms with E-state index in [2.05, 4.69) is 24.1 Å². The average Bonchev–Trinajstić information content (AvgIpc) is 2.42. The highest BCUT2D eigenvalue weighted by molar-refractivity contribution is 5.00. The summed E-state index contributed by atoms with van der Waals surface area (Å²) in [6.45, 7) is 9.20. The number of nitrogens with zero attached hydrogens (tertiary/aromatic N) is 1. The molecular weight excluding hydrogens is 236 g/mol. The second-order valence-electron chi connectivity index (χ2n) is 6.81. The molecule has 2 fully saturated rings. The van der Waals surface area contributed by atoms with Crippen molar-refractivity contribution in [3.63, 3.8) is 0 Å².